The van der Waals surface area contributed by atoms with Gasteiger partial charge in [-0.15, -0.1) is 11.3 Å². The van der Waals surface area contributed by atoms with Gasteiger partial charge in [0, 0.05) is 51.1 Å². The molecule has 2 aromatic rings. The third-order valence-corrected chi connectivity index (χ3v) is 6.86. The molecular weight excluding hydrogens is 374 g/mol. The highest BCUT2D eigenvalue weighted by molar-refractivity contribution is 7.18. The number of ether oxygens (including phenoxy) is 1. The van der Waals surface area contributed by atoms with Gasteiger partial charge in [0.1, 0.15) is 16.5 Å². The van der Waals surface area contributed by atoms with Crippen LogP contribution in [0.25, 0.3) is 10.2 Å². The summed E-state index contributed by atoms with van der Waals surface area (Å²) >= 11 is 1.74. The molecule has 2 aromatic heterocycles. The average molecular weight is 404 g/mol. The molecule has 8 heteroatoms. The largest absolute Gasteiger partial charge is 0.379 e. The van der Waals surface area contributed by atoms with Gasteiger partial charge in [0.05, 0.1) is 25.1 Å². The minimum atomic E-state index is 0.275. The molecule has 2 aliphatic heterocycles. The molecule has 0 N–H and O–H groups in total. The molecule has 0 unspecified atom stereocenters. The second-order valence-corrected chi connectivity index (χ2v) is 8.92. The number of rotatable bonds is 6. The zero-order valence-electron chi connectivity index (χ0n) is 17.0. The summed E-state index contributed by atoms with van der Waals surface area (Å²) in [5, 5.41) is 1.16. The maximum absolute atomic E-state index is 11.9. The topological polar surface area (TPSA) is 61.8 Å². The van der Waals surface area contributed by atoms with Gasteiger partial charge in [-0.05, 0) is 25.8 Å². The number of carbonyl (C=O) groups excluding carboxylic acids is 1. The number of thiophene rings is 1. The predicted molar refractivity (Wildman–Crippen MR) is 112 cm³/mol. The molecule has 1 amide bonds. The van der Waals surface area contributed by atoms with E-state index in [0.29, 0.717) is 6.42 Å². The first-order valence-corrected chi connectivity index (χ1v) is 10.9. The van der Waals surface area contributed by atoms with E-state index in [2.05, 4.69) is 30.7 Å². The number of anilines is 1. The fraction of sp³-hybridized carbons (Fsp3) is 0.650. The summed E-state index contributed by atoms with van der Waals surface area (Å²) in [4.78, 5) is 30.6. The van der Waals surface area contributed by atoms with E-state index in [1.165, 1.54) is 10.4 Å². The Labute approximate surface area is 170 Å². The summed E-state index contributed by atoms with van der Waals surface area (Å²) in [6.45, 7) is 10.9. The summed E-state index contributed by atoms with van der Waals surface area (Å²) in [5.41, 5.74) is 1.26. The van der Waals surface area contributed by atoms with Crippen LogP contribution in [0.5, 0.6) is 0 Å². The van der Waals surface area contributed by atoms with Crippen LogP contribution in [0.1, 0.15) is 29.1 Å². The summed E-state index contributed by atoms with van der Waals surface area (Å²) in [5.74, 6) is 2.13. The molecular formula is C20H29N5O2S. The number of likely N-dealkylation sites (N-methyl/N-ethyl adjacent to an activating group) is 1. The van der Waals surface area contributed by atoms with Gasteiger partial charge in [-0.1, -0.05) is 0 Å². The van der Waals surface area contributed by atoms with Crippen LogP contribution >= 0.6 is 11.3 Å². The van der Waals surface area contributed by atoms with Gasteiger partial charge < -0.3 is 14.5 Å². The maximum atomic E-state index is 11.9. The Morgan fingerprint density at radius 3 is 2.68 bits per heavy atom. The first-order valence-electron chi connectivity index (χ1n) is 10.1. The average Bonchev–Trinajstić information content (AvgIpc) is 3.22. The number of amides is 1. The zero-order valence-corrected chi connectivity index (χ0v) is 17.8. The van der Waals surface area contributed by atoms with Crippen molar-refractivity contribution in [3.05, 3.63) is 16.3 Å². The van der Waals surface area contributed by atoms with Gasteiger partial charge in [-0.25, -0.2) is 9.97 Å². The summed E-state index contributed by atoms with van der Waals surface area (Å²) in [6, 6.07) is 0. The van der Waals surface area contributed by atoms with Gasteiger partial charge in [-0.2, -0.15) is 0 Å². The first kappa shape index (κ1) is 19.5. The Morgan fingerprint density at radius 1 is 1.18 bits per heavy atom. The number of carbonyl (C=O) groups is 1. The van der Waals surface area contributed by atoms with Crippen molar-refractivity contribution in [3.63, 3.8) is 0 Å². The molecule has 2 aliphatic rings. The Balaban J connectivity index is 1.59. The standard InChI is InChI=1S/C20H29N5O2S/c1-14-15(2)28-20-18(14)19(23(3)7-8-25-6-4-5-17(25)26)21-16(22-20)13-24-9-11-27-12-10-24/h4-13H2,1-3H3. The Kier molecular flexibility index (Phi) is 5.80. The van der Waals surface area contributed by atoms with E-state index in [1.54, 1.807) is 11.3 Å². The van der Waals surface area contributed by atoms with Crippen molar-refractivity contribution in [1.29, 1.82) is 0 Å². The van der Waals surface area contributed by atoms with Crippen molar-refractivity contribution in [2.24, 2.45) is 0 Å². The lowest BCUT2D eigenvalue weighted by molar-refractivity contribution is -0.127. The fourth-order valence-corrected chi connectivity index (χ4v) is 4.94. The molecule has 4 heterocycles. The number of nitrogens with zero attached hydrogens (tertiary/aromatic N) is 5. The highest BCUT2D eigenvalue weighted by Gasteiger charge is 2.22. The number of aromatic nitrogens is 2. The van der Waals surface area contributed by atoms with Crippen LogP contribution < -0.4 is 4.90 Å². The van der Waals surface area contributed by atoms with E-state index in [-0.39, 0.29) is 5.91 Å². The quantitative estimate of drug-likeness (QED) is 0.737. The highest BCUT2D eigenvalue weighted by Crippen LogP contribution is 2.34. The molecule has 0 radical (unpaired) electrons. The minimum Gasteiger partial charge on any atom is -0.379 e. The molecule has 4 rings (SSSR count). The van der Waals surface area contributed by atoms with Gasteiger partial charge >= 0.3 is 0 Å². The number of fused-ring (bicyclic) bond motifs is 1. The molecule has 0 aliphatic carbocycles. The summed E-state index contributed by atoms with van der Waals surface area (Å²) in [6.07, 6.45) is 1.67. The van der Waals surface area contributed by atoms with Gasteiger partial charge in [0.2, 0.25) is 5.91 Å². The van der Waals surface area contributed by atoms with Gasteiger partial charge in [0.15, 0.2) is 0 Å². The third-order valence-electron chi connectivity index (χ3n) is 5.76. The summed E-state index contributed by atoms with van der Waals surface area (Å²) < 4.78 is 5.46. The van der Waals surface area contributed by atoms with Crippen LogP contribution in [0.15, 0.2) is 0 Å². The van der Waals surface area contributed by atoms with E-state index in [4.69, 9.17) is 14.7 Å². The fourth-order valence-electron chi connectivity index (χ4n) is 3.89. The normalized spacial score (nSPS) is 18.4. The molecule has 0 saturated carbocycles. The van der Waals surface area contributed by atoms with Crippen LogP contribution in [0.2, 0.25) is 0 Å². The molecule has 152 valence electrons. The molecule has 2 fully saturated rings. The van der Waals surface area contributed by atoms with E-state index in [9.17, 15) is 4.79 Å². The third kappa shape index (κ3) is 3.99. The van der Waals surface area contributed by atoms with E-state index in [0.717, 1.165) is 80.8 Å². The van der Waals surface area contributed by atoms with Crippen LogP contribution in [-0.4, -0.2) is 78.7 Å². The van der Waals surface area contributed by atoms with Crippen molar-refractivity contribution in [3.8, 4) is 0 Å². The van der Waals surface area contributed by atoms with Gasteiger partial charge in [-0.3, -0.25) is 9.69 Å². The SMILES string of the molecule is Cc1sc2nc(CN3CCOCC3)nc(N(C)CCN3CCCC3=O)c2c1C. The zero-order chi connectivity index (χ0) is 19.7. The van der Waals surface area contributed by atoms with Crippen LogP contribution in [0.3, 0.4) is 0 Å². The number of morpholine rings is 1. The number of hydrogen-bond donors (Lipinski definition) is 0. The van der Waals surface area contributed by atoms with Crippen molar-refractivity contribution in [2.45, 2.75) is 33.2 Å². The van der Waals surface area contributed by atoms with Crippen molar-refractivity contribution in [1.82, 2.24) is 19.8 Å². The minimum absolute atomic E-state index is 0.275. The predicted octanol–water partition coefficient (Wildman–Crippen LogP) is 2.20. The molecule has 7 nitrogen and oxygen atoms in total. The second kappa shape index (κ2) is 8.31. The van der Waals surface area contributed by atoms with Crippen LogP contribution in [-0.2, 0) is 16.1 Å². The Hall–Kier alpha value is -1.77. The molecule has 0 spiro atoms. The van der Waals surface area contributed by atoms with Crippen molar-refractivity contribution >= 4 is 33.3 Å². The van der Waals surface area contributed by atoms with E-state index < -0.39 is 0 Å². The van der Waals surface area contributed by atoms with Crippen LogP contribution in [0.4, 0.5) is 5.82 Å². The first-order chi connectivity index (χ1) is 13.5. The van der Waals surface area contributed by atoms with E-state index in [1.807, 2.05) is 4.90 Å². The molecule has 28 heavy (non-hydrogen) atoms. The lowest BCUT2D eigenvalue weighted by Crippen LogP contribution is -2.36. The van der Waals surface area contributed by atoms with Crippen molar-refractivity contribution < 1.29 is 9.53 Å². The number of likely N-dealkylation sites (tertiary alicyclic amines) is 1. The lowest BCUT2D eigenvalue weighted by Gasteiger charge is -2.27. The highest BCUT2D eigenvalue weighted by atomic mass is 32.1. The number of aryl methyl sites for hydroxylation is 2. The van der Waals surface area contributed by atoms with Crippen molar-refractivity contribution in [2.75, 3.05) is 57.9 Å². The number of hydrogen-bond acceptors (Lipinski definition) is 7. The Bertz CT molecular complexity index is 862. The van der Waals surface area contributed by atoms with Gasteiger partial charge in [0.25, 0.3) is 0 Å². The van der Waals surface area contributed by atoms with E-state index >= 15 is 0 Å². The molecule has 0 bridgehead atoms. The van der Waals surface area contributed by atoms with Crippen LogP contribution in [0, 0.1) is 13.8 Å². The molecule has 0 aromatic carbocycles. The lowest BCUT2D eigenvalue weighted by atomic mass is 10.2. The maximum Gasteiger partial charge on any atom is 0.222 e. The smallest absolute Gasteiger partial charge is 0.222 e. The molecule has 2 saturated heterocycles. The monoisotopic (exact) mass is 403 g/mol. The Morgan fingerprint density at radius 2 is 1.96 bits per heavy atom. The molecule has 0 atom stereocenters. The summed E-state index contributed by atoms with van der Waals surface area (Å²) in [7, 11) is 2.08. The second-order valence-electron chi connectivity index (χ2n) is 7.72.